The predicted octanol–water partition coefficient (Wildman–Crippen LogP) is 12.9. The summed E-state index contributed by atoms with van der Waals surface area (Å²) < 4.78 is 0. The van der Waals surface area contributed by atoms with E-state index >= 15 is 0 Å². The Morgan fingerprint density at radius 2 is 0.833 bits per heavy atom. The lowest BCUT2D eigenvalue weighted by molar-refractivity contribution is 1.36. The monoisotopic (exact) mass is 686 g/mol. The largest absolute Gasteiger partial charge is 0.248 e. The van der Waals surface area contributed by atoms with E-state index < -0.39 is 0 Å². The van der Waals surface area contributed by atoms with Crippen molar-refractivity contribution in [2.75, 3.05) is 0 Å². The molecule has 4 heteroatoms. The minimum Gasteiger partial charge on any atom is -0.248 e. The molecule has 0 N–H and O–H groups in total. The molecule has 11 rings (SSSR count). The van der Waals surface area contributed by atoms with Gasteiger partial charge in [-0.1, -0.05) is 146 Å². The maximum Gasteiger partial charge on any atom is 0.0972 e. The fourth-order valence-electron chi connectivity index (χ4n) is 7.89. The summed E-state index contributed by atoms with van der Waals surface area (Å²) in [6.07, 6.45) is 0. The van der Waals surface area contributed by atoms with Gasteiger partial charge in [-0.3, -0.25) is 0 Å². The minimum absolute atomic E-state index is 0.903. The van der Waals surface area contributed by atoms with Crippen molar-refractivity contribution in [1.82, 2.24) is 19.9 Å². The van der Waals surface area contributed by atoms with E-state index in [1.54, 1.807) is 0 Å². The molecule has 0 saturated carbocycles. The summed E-state index contributed by atoms with van der Waals surface area (Å²) in [6.45, 7) is 0. The molecule has 250 valence electrons. The highest BCUT2D eigenvalue weighted by atomic mass is 14.8. The first kappa shape index (κ1) is 30.3. The Kier molecular flexibility index (Phi) is 6.82. The number of fused-ring (bicyclic) bond motifs is 9. The van der Waals surface area contributed by atoms with Gasteiger partial charge < -0.3 is 0 Å². The molecule has 54 heavy (non-hydrogen) atoms. The van der Waals surface area contributed by atoms with Crippen LogP contribution in [0.4, 0.5) is 0 Å². The molecule has 0 radical (unpaired) electrons. The third kappa shape index (κ3) is 5.00. The number of aromatic nitrogens is 4. The first-order chi connectivity index (χ1) is 26.7. The second kappa shape index (κ2) is 12.1. The molecule has 7 aromatic carbocycles. The molecule has 0 fully saturated rings. The lowest BCUT2D eigenvalue weighted by Crippen LogP contribution is -1.92. The molecule has 0 aliphatic heterocycles. The molecule has 0 amide bonds. The molecule has 0 unspecified atom stereocenters. The van der Waals surface area contributed by atoms with E-state index in [0.717, 1.165) is 88.6 Å². The van der Waals surface area contributed by atoms with Gasteiger partial charge in [0, 0.05) is 54.6 Å². The zero-order chi connectivity index (χ0) is 35.6. The third-order valence-electron chi connectivity index (χ3n) is 10.6. The fourth-order valence-corrected chi connectivity index (χ4v) is 7.89. The van der Waals surface area contributed by atoms with Gasteiger partial charge in [0.2, 0.25) is 0 Å². The van der Waals surface area contributed by atoms with Crippen molar-refractivity contribution in [3.63, 3.8) is 0 Å². The Bertz CT molecular complexity index is 3250. The van der Waals surface area contributed by atoms with E-state index in [9.17, 15) is 0 Å². The van der Waals surface area contributed by atoms with Crippen LogP contribution in [-0.4, -0.2) is 19.9 Å². The zero-order valence-corrected chi connectivity index (χ0v) is 29.1. The highest BCUT2D eigenvalue weighted by Crippen LogP contribution is 2.38. The maximum atomic E-state index is 5.18. The Morgan fingerprint density at radius 3 is 1.61 bits per heavy atom. The number of benzene rings is 7. The van der Waals surface area contributed by atoms with Crippen LogP contribution >= 0.6 is 0 Å². The van der Waals surface area contributed by atoms with E-state index in [1.165, 1.54) is 21.5 Å². The summed E-state index contributed by atoms with van der Waals surface area (Å²) in [4.78, 5) is 20.5. The van der Waals surface area contributed by atoms with Gasteiger partial charge in [0.15, 0.2) is 0 Å². The van der Waals surface area contributed by atoms with Gasteiger partial charge in [-0.15, -0.1) is 0 Å². The Balaban J connectivity index is 0.941. The van der Waals surface area contributed by atoms with Crippen molar-refractivity contribution < 1.29 is 0 Å². The first-order valence-corrected chi connectivity index (χ1v) is 18.2. The van der Waals surface area contributed by atoms with Crippen molar-refractivity contribution in [3.8, 4) is 45.0 Å². The topological polar surface area (TPSA) is 51.6 Å². The molecule has 0 spiro atoms. The molecule has 4 aromatic heterocycles. The normalized spacial score (nSPS) is 11.7. The summed E-state index contributed by atoms with van der Waals surface area (Å²) in [5.41, 5.74) is 11.8. The Labute approximate surface area is 311 Å². The van der Waals surface area contributed by atoms with Gasteiger partial charge in [-0.25, -0.2) is 19.9 Å². The summed E-state index contributed by atoms with van der Waals surface area (Å²) in [7, 11) is 0. The first-order valence-electron chi connectivity index (χ1n) is 18.2. The average Bonchev–Trinajstić information content (AvgIpc) is 3.25. The predicted molar refractivity (Wildman–Crippen MR) is 224 cm³/mol. The molecule has 0 aliphatic rings. The van der Waals surface area contributed by atoms with Crippen molar-refractivity contribution in [3.05, 3.63) is 182 Å². The van der Waals surface area contributed by atoms with E-state index in [4.69, 9.17) is 19.9 Å². The van der Waals surface area contributed by atoms with Gasteiger partial charge in [0.1, 0.15) is 0 Å². The van der Waals surface area contributed by atoms with Crippen LogP contribution in [0, 0.1) is 0 Å². The van der Waals surface area contributed by atoms with Gasteiger partial charge in [-0.05, 0) is 47.2 Å². The van der Waals surface area contributed by atoms with Crippen LogP contribution in [-0.2, 0) is 0 Å². The summed E-state index contributed by atoms with van der Waals surface area (Å²) >= 11 is 0. The lowest BCUT2D eigenvalue weighted by Gasteiger charge is -2.13. The van der Waals surface area contributed by atoms with E-state index in [-0.39, 0.29) is 0 Å². The molecule has 0 atom stereocenters. The van der Waals surface area contributed by atoms with Gasteiger partial charge in [0.05, 0.1) is 44.8 Å². The Morgan fingerprint density at radius 1 is 0.278 bits per heavy atom. The minimum atomic E-state index is 0.903. The summed E-state index contributed by atoms with van der Waals surface area (Å²) in [5.74, 6) is 0. The zero-order valence-electron chi connectivity index (χ0n) is 29.1. The van der Waals surface area contributed by atoms with Crippen molar-refractivity contribution in [2.45, 2.75) is 0 Å². The van der Waals surface area contributed by atoms with Crippen molar-refractivity contribution in [1.29, 1.82) is 0 Å². The molecular formula is C50H30N4. The van der Waals surface area contributed by atoms with Crippen LogP contribution in [0.15, 0.2) is 182 Å². The molecule has 0 aliphatic carbocycles. The molecule has 0 saturated heterocycles. The van der Waals surface area contributed by atoms with E-state index in [0.29, 0.717) is 0 Å². The molecular weight excluding hydrogens is 657 g/mol. The standard InChI is InChI=1S/C50H30N4/c1-2-9-32(10-3-1)43-26-21-35-18-19-36-22-27-45(53-50(36)49(35)52-43)38-24-29-44-37(30-38)23-28-42(51-44)33-14-16-34(17-15-33)48-41-25-20-31-8-4-5-11-39(31)47(41)40-12-6-7-13-46(40)54-48/h1-30H. The second-order valence-corrected chi connectivity index (χ2v) is 13.8. The summed E-state index contributed by atoms with van der Waals surface area (Å²) in [5, 5.41) is 9.26. The molecule has 4 nitrogen and oxygen atoms in total. The van der Waals surface area contributed by atoms with Crippen LogP contribution in [0.1, 0.15) is 0 Å². The van der Waals surface area contributed by atoms with Crippen LogP contribution in [0.25, 0.3) is 110 Å². The van der Waals surface area contributed by atoms with E-state index in [1.807, 2.05) is 18.2 Å². The number of hydrogen-bond donors (Lipinski definition) is 0. The molecule has 11 aromatic rings. The van der Waals surface area contributed by atoms with Crippen LogP contribution < -0.4 is 0 Å². The summed E-state index contributed by atoms with van der Waals surface area (Å²) in [6, 6.07) is 63.8. The number of rotatable bonds is 4. The molecule has 4 heterocycles. The second-order valence-electron chi connectivity index (χ2n) is 13.8. The van der Waals surface area contributed by atoms with Gasteiger partial charge in [-0.2, -0.15) is 0 Å². The molecule has 0 bridgehead atoms. The van der Waals surface area contributed by atoms with Gasteiger partial charge in [0.25, 0.3) is 0 Å². The number of para-hydroxylation sites is 1. The van der Waals surface area contributed by atoms with E-state index in [2.05, 4.69) is 164 Å². The quantitative estimate of drug-likeness (QED) is 0.173. The third-order valence-corrected chi connectivity index (χ3v) is 10.6. The van der Waals surface area contributed by atoms with Gasteiger partial charge >= 0.3 is 0 Å². The number of nitrogens with zero attached hydrogens (tertiary/aromatic N) is 4. The van der Waals surface area contributed by atoms with Crippen LogP contribution in [0.3, 0.4) is 0 Å². The lowest BCUT2D eigenvalue weighted by atomic mass is 9.95. The van der Waals surface area contributed by atoms with Crippen LogP contribution in [0.5, 0.6) is 0 Å². The number of hydrogen-bond acceptors (Lipinski definition) is 4. The van der Waals surface area contributed by atoms with Crippen LogP contribution in [0.2, 0.25) is 0 Å². The average molecular weight is 687 g/mol. The Hall–Kier alpha value is -7.30. The highest BCUT2D eigenvalue weighted by molar-refractivity contribution is 6.22. The fraction of sp³-hybridized carbons (Fsp3) is 0. The number of pyridine rings is 4. The van der Waals surface area contributed by atoms with Crippen molar-refractivity contribution >= 4 is 65.2 Å². The highest BCUT2D eigenvalue weighted by Gasteiger charge is 2.14. The SMILES string of the molecule is c1ccc(-c2ccc3ccc4ccc(-c5ccc6nc(-c7ccc(-c8nc9ccccc9c9c8ccc8ccccc89)cc7)ccc6c5)nc4c3n2)cc1. The smallest absolute Gasteiger partial charge is 0.0972 e. The maximum absolute atomic E-state index is 5.18. The van der Waals surface area contributed by atoms with Crippen molar-refractivity contribution in [2.24, 2.45) is 0 Å².